The van der Waals surface area contributed by atoms with E-state index in [0.717, 1.165) is 16.5 Å². The van der Waals surface area contributed by atoms with E-state index in [1.807, 2.05) is 55.5 Å². The molecule has 2 aromatic rings. The van der Waals surface area contributed by atoms with Crippen molar-refractivity contribution < 1.29 is 4.79 Å². The van der Waals surface area contributed by atoms with E-state index < -0.39 is 0 Å². The minimum atomic E-state index is -0.0376. The average Bonchev–Trinajstić information content (AvgIpc) is 2.46. The van der Waals surface area contributed by atoms with Crippen molar-refractivity contribution in [2.45, 2.75) is 18.8 Å². The van der Waals surface area contributed by atoms with E-state index in [1.165, 1.54) is 5.56 Å². The number of aryl methyl sites for hydroxylation is 1. The van der Waals surface area contributed by atoms with E-state index in [1.54, 1.807) is 0 Å². The van der Waals surface area contributed by atoms with Gasteiger partial charge in [-0.15, -0.1) is 0 Å². The number of carbonyl (C=O) groups excluding carboxylic acids is 1. The first-order valence-corrected chi connectivity index (χ1v) is 7.30. The Morgan fingerprint density at radius 2 is 1.79 bits per heavy atom. The molecule has 0 atom stereocenters. The van der Waals surface area contributed by atoms with Crippen LogP contribution in [0.25, 0.3) is 0 Å². The lowest BCUT2D eigenvalue weighted by Crippen LogP contribution is -2.23. The molecule has 0 bridgehead atoms. The van der Waals surface area contributed by atoms with Crippen LogP contribution >= 0.6 is 15.9 Å². The average molecular weight is 318 g/mol. The number of carbonyl (C=O) groups is 1. The van der Waals surface area contributed by atoms with Crippen LogP contribution in [0.1, 0.15) is 27.0 Å². The number of benzene rings is 2. The van der Waals surface area contributed by atoms with Crippen LogP contribution < -0.4 is 5.32 Å². The Labute approximate surface area is 122 Å². The van der Waals surface area contributed by atoms with Crippen molar-refractivity contribution in [3.8, 4) is 0 Å². The molecule has 0 saturated heterocycles. The zero-order valence-corrected chi connectivity index (χ0v) is 12.4. The van der Waals surface area contributed by atoms with Crippen molar-refractivity contribution in [2.24, 2.45) is 0 Å². The SMILES string of the molecule is Cc1ccccc1CNC(=O)c1ccc(CBr)cc1. The lowest BCUT2D eigenvalue weighted by atomic mass is 10.1. The Morgan fingerprint density at radius 1 is 1.11 bits per heavy atom. The highest BCUT2D eigenvalue weighted by molar-refractivity contribution is 9.08. The van der Waals surface area contributed by atoms with Gasteiger partial charge in [-0.3, -0.25) is 4.79 Å². The third-order valence-electron chi connectivity index (χ3n) is 3.07. The summed E-state index contributed by atoms with van der Waals surface area (Å²) in [5, 5.41) is 3.75. The maximum Gasteiger partial charge on any atom is 0.251 e. The standard InChI is InChI=1S/C16H16BrNO/c1-12-4-2-3-5-15(12)11-18-16(19)14-8-6-13(10-17)7-9-14/h2-9H,10-11H2,1H3,(H,18,19). The van der Waals surface area contributed by atoms with Gasteiger partial charge >= 0.3 is 0 Å². The van der Waals surface area contributed by atoms with E-state index in [4.69, 9.17) is 0 Å². The number of amides is 1. The molecule has 0 aliphatic heterocycles. The molecule has 2 rings (SSSR count). The molecule has 0 fully saturated rings. The molecule has 3 heteroatoms. The van der Waals surface area contributed by atoms with Crippen LogP contribution in [0, 0.1) is 6.92 Å². The molecule has 2 aromatic carbocycles. The first-order valence-electron chi connectivity index (χ1n) is 6.18. The number of alkyl halides is 1. The summed E-state index contributed by atoms with van der Waals surface area (Å²) in [5.41, 5.74) is 4.19. The fraction of sp³-hybridized carbons (Fsp3) is 0.188. The first kappa shape index (κ1) is 13.8. The number of rotatable bonds is 4. The van der Waals surface area contributed by atoms with Crippen LogP contribution in [-0.4, -0.2) is 5.91 Å². The predicted octanol–water partition coefficient (Wildman–Crippen LogP) is 3.82. The smallest absolute Gasteiger partial charge is 0.251 e. The molecule has 0 radical (unpaired) electrons. The molecule has 98 valence electrons. The zero-order valence-electron chi connectivity index (χ0n) is 10.8. The predicted molar refractivity (Wildman–Crippen MR) is 81.4 cm³/mol. The number of halogens is 1. The van der Waals surface area contributed by atoms with Crippen molar-refractivity contribution >= 4 is 21.8 Å². The maximum atomic E-state index is 12.0. The Hall–Kier alpha value is -1.61. The molecule has 19 heavy (non-hydrogen) atoms. The molecular formula is C16H16BrNO. The molecule has 2 nitrogen and oxygen atoms in total. The molecular weight excluding hydrogens is 302 g/mol. The van der Waals surface area contributed by atoms with Crippen molar-refractivity contribution in [2.75, 3.05) is 0 Å². The third-order valence-corrected chi connectivity index (χ3v) is 3.72. The quantitative estimate of drug-likeness (QED) is 0.853. The van der Waals surface area contributed by atoms with E-state index in [9.17, 15) is 4.79 Å². The summed E-state index contributed by atoms with van der Waals surface area (Å²) in [6.45, 7) is 2.61. The minimum absolute atomic E-state index is 0.0376. The van der Waals surface area contributed by atoms with E-state index in [-0.39, 0.29) is 5.91 Å². The van der Waals surface area contributed by atoms with Gasteiger partial charge < -0.3 is 5.32 Å². The second kappa shape index (κ2) is 6.53. The van der Waals surface area contributed by atoms with Crippen LogP contribution in [0.3, 0.4) is 0 Å². The van der Waals surface area contributed by atoms with Gasteiger partial charge in [0.2, 0.25) is 0 Å². The fourth-order valence-electron chi connectivity index (χ4n) is 1.83. The lowest BCUT2D eigenvalue weighted by molar-refractivity contribution is 0.0951. The van der Waals surface area contributed by atoms with Gasteiger partial charge in [0.05, 0.1) is 0 Å². The van der Waals surface area contributed by atoms with Gasteiger partial charge in [-0.05, 0) is 35.7 Å². The molecule has 1 N–H and O–H groups in total. The van der Waals surface area contributed by atoms with Crippen molar-refractivity contribution in [1.29, 1.82) is 0 Å². The molecule has 0 heterocycles. The lowest BCUT2D eigenvalue weighted by Gasteiger charge is -2.08. The molecule has 0 aromatic heterocycles. The van der Waals surface area contributed by atoms with Gasteiger partial charge in [-0.2, -0.15) is 0 Å². The summed E-state index contributed by atoms with van der Waals surface area (Å²) in [7, 11) is 0. The topological polar surface area (TPSA) is 29.1 Å². The minimum Gasteiger partial charge on any atom is -0.348 e. The highest BCUT2D eigenvalue weighted by Crippen LogP contribution is 2.09. The highest BCUT2D eigenvalue weighted by atomic mass is 79.9. The summed E-state index contributed by atoms with van der Waals surface area (Å²) >= 11 is 3.39. The molecule has 0 spiro atoms. The summed E-state index contributed by atoms with van der Waals surface area (Å²) in [6, 6.07) is 15.7. The Bertz CT molecular complexity index is 563. The van der Waals surface area contributed by atoms with Crippen LogP contribution in [0.5, 0.6) is 0 Å². The van der Waals surface area contributed by atoms with E-state index in [0.29, 0.717) is 12.1 Å². The van der Waals surface area contributed by atoms with Crippen molar-refractivity contribution in [3.05, 3.63) is 70.8 Å². The van der Waals surface area contributed by atoms with Gasteiger partial charge in [-0.25, -0.2) is 0 Å². The van der Waals surface area contributed by atoms with Crippen LogP contribution in [0.4, 0.5) is 0 Å². The van der Waals surface area contributed by atoms with Crippen LogP contribution in [0.2, 0.25) is 0 Å². The zero-order chi connectivity index (χ0) is 13.7. The van der Waals surface area contributed by atoms with Gasteiger partial charge in [0.15, 0.2) is 0 Å². The molecule has 0 unspecified atom stereocenters. The number of hydrogen-bond acceptors (Lipinski definition) is 1. The molecule has 1 amide bonds. The molecule has 0 saturated carbocycles. The largest absolute Gasteiger partial charge is 0.348 e. The summed E-state index contributed by atoms with van der Waals surface area (Å²) in [4.78, 5) is 12.0. The summed E-state index contributed by atoms with van der Waals surface area (Å²) < 4.78 is 0. The maximum absolute atomic E-state index is 12.0. The monoisotopic (exact) mass is 317 g/mol. The second-order valence-corrected chi connectivity index (χ2v) is 5.00. The van der Waals surface area contributed by atoms with E-state index in [2.05, 4.69) is 21.2 Å². The van der Waals surface area contributed by atoms with Gasteiger partial charge in [0.1, 0.15) is 0 Å². The summed E-state index contributed by atoms with van der Waals surface area (Å²) in [6.07, 6.45) is 0. The van der Waals surface area contributed by atoms with Crippen LogP contribution in [-0.2, 0) is 11.9 Å². The third kappa shape index (κ3) is 3.67. The Kier molecular flexibility index (Phi) is 4.74. The van der Waals surface area contributed by atoms with Gasteiger partial charge in [0, 0.05) is 17.4 Å². The number of hydrogen-bond donors (Lipinski definition) is 1. The first-order chi connectivity index (χ1) is 9.20. The molecule has 0 aliphatic carbocycles. The number of nitrogens with one attached hydrogen (secondary N) is 1. The normalized spacial score (nSPS) is 10.2. The highest BCUT2D eigenvalue weighted by Gasteiger charge is 2.05. The van der Waals surface area contributed by atoms with Crippen molar-refractivity contribution in [1.82, 2.24) is 5.32 Å². The Morgan fingerprint density at radius 3 is 2.42 bits per heavy atom. The van der Waals surface area contributed by atoms with Gasteiger partial charge in [-0.1, -0.05) is 52.3 Å². The van der Waals surface area contributed by atoms with Crippen LogP contribution in [0.15, 0.2) is 48.5 Å². The van der Waals surface area contributed by atoms with Crippen molar-refractivity contribution in [3.63, 3.8) is 0 Å². The molecule has 0 aliphatic rings. The van der Waals surface area contributed by atoms with Gasteiger partial charge in [0.25, 0.3) is 5.91 Å². The second-order valence-electron chi connectivity index (χ2n) is 4.44. The van der Waals surface area contributed by atoms with E-state index >= 15 is 0 Å². The summed E-state index contributed by atoms with van der Waals surface area (Å²) in [5.74, 6) is -0.0376. The Balaban J connectivity index is 1.99. The fourth-order valence-corrected chi connectivity index (χ4v) is 2.21.